The Balaban J connectivity index is 0.00000144. The smallest absolute Gasteiger partial charge is 0.165 e. The van der Waals surface area contributed by atoms with Crippen LogP contribution in [0.15, 0.2) is 18.2 Å². The first-order valence-electron chi connectivity index (χ1n) is 8.15. The molecule has 122 valence electrons. The number of benzene rings is 1. The Kier molecular flexibility index (Phi) is 4.81. The third kappa shape index (κ3) is 3.05. The Morgan fingerprint density at radius 1 is 1.18 bits per heavy atom. The second-order valence-corrected chi connectivity index (χ2v) is 6.68. The van der Waals surface area contributed by atoms with Crippen LogP contribution in [0.1, 0.15) is 24.8 Å². The SMILES string of the molecule is Cl.c1cc(CN2CCC3(CCNC3)C2)c2c(c1)OCCCO2. The minimum absolute atomic E-state index is 0. The molecule has 2 saturated heterocycles. The zero-order chi connectivity index (χ0) is 14.1. The number of ether oxygens (including phenoxy) is 2. The van der Waals surface area contributed by atoms with Gasteiger partial charge in [0.05, 0.1) is 13.2 Å². The maximum Gasteiger partial charge on any atom is 0.165 e. The summed E-state index contributed by atoms with van der Waals surface area (Å²) < 4.78 is 11.7. The molecule has 1 unspecified atom stereocenters. The maximum atomic E-state index is 5.94. The molecular formula is C17H25ClN2O2. The first kappa shape index (κ1) is 15.9. The summed E-state index contributed by atoms with van der Waals surface area (Å²) >= 11 is 0. The van der Waals surface area contributed by atoms with E-state index in [9.17, 15) is 0 Å². The van der Waals surface area contributed by atoms with Gasteiger partial charge in [0.15, 0.2) is 11.5 Å². The van der Waals surface area contributed by atoms with Crippen LogP contribution in [-0.2, 0) is 6.54 Å². The van der Waals surface area contributed by atoms with Crippen molar-refractivity contribution in [1.82, 2.24) is 10.2 Å². The fraction of sp³-hybridized carbons (Fsp3) is 0.647. The molecule has 5 heteroatoms. The van der Waals surface area contributed by atoms with E-state index in [-0.39, 0.29) is 12.4 Å². The van der Waals surface area contributed by atoms with Crippen LogP contribution in [0.5, 0.6) is 11.5 Å². The molecule has 1 N–H and O–H groups in total. The fourth-order valence-corrected chi connectivity index (χ4v) is 3.93. The van der Waals surface area contributed by atoms with E-state index in [2.05, 4.69) is 22.3 Å². The molecule has 0 aliphatic carbocycles. The van der Waals surface area contributed by atoms with Gasteiger partial charge >= 0.3 is 0 Å². The van der Waals surface area contributed by atoms with Crippen molar-refractivity contribution < 1.29 is 9.47 Å². The molecule has 0 amide bonds. The molecule has 1 atom stereocenters. The minimum atomic E-state index is 0. The summed E-state index contributed by atoms with van der Waals surface area (Å²) in [5.41, 5.74) is 1.81. The summed E-state index contributed by atoms with van der Waals surface area (Å²) in [6, 6.07) is 6.30. The Labute approximate surface area is 138 Å². The molecule has 1 aromatic carbocycles. The predicted molar refractivity (Wildman–Crippen MR) is 89.1 cm³/mol. The van der Waals surface area contributed by atoms with E-state index in [1.165, 1.54) is 44.6 Å². The number of nitrogens with one attached hydrogen (secondary N) is 1. The van der Waals surface area contributed by atoms with Crippen molar-refractivity contribution in [3.8, 4) is 11.5 Å². The largest absolute Gasteiger partial charge is 0.490 e. The minimum Gasteiger partial charge on any atom is -0.490 e. The summed E-state index contributed by atoms with van der Waals surface area (Å²) in [5, 5.41) is 3.53. The quantitative estimate of drug-likeness (QED) is 0.906. The van der Waals surface area contributed by atoms with Crippen LogP contribution in [-0.4, -0.2) is 44.3 Å². The number of para-hydroxylation sites is 1. The normalized spacial score (nSPS) is 27.6. The van der Waals surface area contributed by atoms with E-state index in [0.717, 1.165) is 37.7 Å². The van der Waals surface area contributed by atoms with E-state index < -0.39 is 0 Å². The van der Waals surface area contributed by atoms with Crippen LogP contribution in [0.3, 0.4) is 0 Å². The summed E-state index contributed by atoms with van der Waals surface area (Å²) in [4.78, 5) is 2.58. The van der Waals surface area contributed by atoms with Crippen LogP contribution in [0.4, 0.5) is 0 Å². The molecule has 1 spiro atoms. The third-order valence-corrected chi connectivity index (χ3v) is 5.10. The summed E-state index contributed by atoms with van der Waals surface area (Å²) in [5.74, 6) is 1.89. The van der Waals surface area contributed by atoms with Gasteiger partial charge in [-0.2, -0.15) is 0 Å². The average Bonchev–Trinajstić information content (AvgIpc) is 3.03. The van der Waals surface area contributed by atoms with Crippen LogP contribution < -0.4 is 14.8 Å². The van der Waals surface area contributed by atoms with Crippen molar-refractivity contribution in [2.45, 2.75) is 25.8 Å². The number of halogens is 1. The molecule has 0 radical (unpaired) electrons. The molecule has 3 heterocycles. The zero-order valence-corrected chi connectivity index (χ0v) is 13.8. The van der Waals surface area contributed by atoms with Gasteiger partial charge in [-0.25, -0.2) is 0 Å². The summed E-state index contributed by atoms with van der Waals surface area (Å²) in [6.45, 7) is 7.29. The van der Waals surface area contributed by atoms with Gasteiger partial charge in [-0.05, 0) is 37.4 Å². The van der Waals surface area contributed by atoms with Crippen molar-refractivity contribution in [3.63, 3.8) is 0 Å². The van der Waals surface area contributed by atoms with Crippen molar-refractivity contribution in [3.05, 3.63) is 23.8 Å². The van der Waals surface area contributed by atoms with Crippen molar-refractivity contribution >= 4 is 12.4 Å². The molecule has 4 nitrogen and oxygen atoms in total. The lowest BCUT2D eigenvalue weighted by Gasteiger charge is -2.23. The molecule has 4 rings (SSSR count). The van der Waals surface area contributed by atoms with Crippen LogP contribution in [0, 0.1) is 5.41 Å². The number of nitrogens with zero attached hydrogens (tertiary/aromatic N) is 1. The van der Waals surface area contributed by atoms with Gasteiger partial charge in [-0.1, -0.05) is 12.1 Å². The van der Waals surface area contributed by atoms with Gasteiger partial charge in [-0.3, -0.25) is 4.90 Å². The Morgan fingerprint density at radius 3 is 2.95 bits per heavy atom. The van der Waals surface area contributed by atoms with Gasteiger partial charge in [0.2, 0.25) is 0 Å². The van der Waals surface area contributed by atoms with Crippen LogP contribution in [0.25, 0.3) is 0 Å². The Bertz CT molecular complexity index is 517. The molecule has 22 heavy (non-hydrogen) atoms. The number of fused-ring (bicyclic) bond motifs is 1. The number of hydrogen-bond donors (Lipinski definition) is 1. The molecule has 0 aromatic heterocycles. The van der Waals surface area contributed by atoms with Crippen molar-refractivity contribution in [2.24, 2.45) is 5.41 Å². The average molecular weight is 325 g/mol. The van der Waals surface area contributed by atoms with Crippen molar-refractivity contribution in [1.29, 1.82) is 0 Å². The van der Waals surface area contributed by atoms with Gasteiger partial charge < -0.3 is 14.8 Å². The Hall–Kier alpha value is -0.970. The lowest BCUT2D eigenvalue weighted by molar-refractivity contribution is 0.261. The Morgan fingerprint density at radius 2 is 2.09 bits per heavy atom. The van der Waals surface area contributed by atoms with E-state index in [4.69, 9.17) is 9.47 Å². The van der Waals surface area contributed by atoms with Gasteiger partial charge in [-0.15, -0.1) is 12.4 Å². The highest BCUT2D eigenvalue weighted by molar-refractivity contribution is 5.85. The first-order valence-corrected chi connectivity index (χ1v) is 8.15. The monoisotopic (exact) mass is 324 g/mol. The molecule has 0 bridgehead atoms. The highest BCUT2D eigenvalue weighted by Gasteiger charge is 2.40. The van der Waals surface area contributed by atoms with E-state index in [1.807, 2.05) is 6.07 Å². The molecule has 2 fully saturated rings. The number of rotatable bonds is 2. The summed E-state index contributed by atoms with van der Waals surface area (Å²) in [6.07, 6.45) is 3.62. The highest BCUT2D eigenvalue weighted by atomic mass is 35.5. The molecule has 3 aliphatic heterocycles. The van der Waals surface area contributed by atoms with Crippen LogP contribution >= 0.6 is 12.4 Å². The highest BCUT2D eigenvalue weighted by Crippen LogP contribution is 2.39. The fourth-order valence-electron chi connectivity index (χ4n) is 3.93. The topological polar surface area (TPSA) is 33.7 Å². The predicted octanol–water partition coefficient (Wildman–Crippen LogP) is 2.46. The lowest BCUT2D eigenvalue weighted by atomic mass is 9.86. The molecule has 3 aliphatic rings. The number of likely N-dealkylation sites (tertiary alicyclic amines) is 1. The molecule has 0 saturated carbocycles. The summed E-state index contributed by atoms with van der Waals surface area (Å²) in [7, 11) is 0. The second-order valence-electron chi connectivity index (χ2n) is 6.68. The third-order valence-electron chi connectivity index (χ3n) is 5.10. The first-order chi connectivity index (χ1) is 10.3. The lowest BCUT2D eigenvalue weighted by Crippen LogP contribution is -2.29. The van der Waals surface area contributed by atoms with E-state index in [1.54, 1.807) is 0 Å². The zero-order valence-electron chi connectivity index (χ0n) is 13.0. The van der Waals surface area contributed by atoms with Gasteiger partial charge in [0.25, 0.3) is 0 Å². The standard InChI is InChI=1S/C17H24N2O2.ClH/c1-3-14(16-15(4-1)20-9-2-10-21-16)11-19-8-6-17(13-19)5-7-18-12-17;/h1,3-4,18H,2,5-13H2;1H. The van der Waals surface area contributed by atoms with Gasteiger partial charge in [0.1, 0.15) is 0 Å². The number of hydrogen-bond acceptors (Lipinski definition) is 4. The van der Waals surface area contributed by atoms with E-state index >= 15 is 0 Å². The van der Waals surface area contributed by atoms with Crippen molar-refractivity contribution in [2.75, 3.05) is 39.4 Å². The van der Waals surface area contributed by atoms with Crippen LogP contribution in [0.2, 0.25) is 0 Å². The van der Waals surface area contributed by atoms with Gasteiger partial charge in [0, 0.05) is 31.6 Å². The second kappa shape index (κ2) is 6.65. The molecular weight excluding hydrogens is 300 g/mol. The molecule has 1 aromatic rings. The maximum absolute atomic E-state index is 5.94. The van der Waals surface area contributed by atoms with E-state index in [0.29, 0.717) is 5.41 Å².